The van der Waals surface area contributed by atoms with Crippen LogP contribution < -0.4 is 5.32 Å². The summed E-state index contributed by atoms with van der Waals surface area (Å²) in [5, 5.41) is 21.9. The van der Waals surface area contributed by atoms with Gasteiger partial charge in [-0.3, -0.25) is 0 Å². The fourth-order valence-corrected chi connectivity index (χ4v) is 4.86. The lowest BCUT2D eigenvalue weighted by Gasteiger charge is -2.21. The van der Waals surface area contributed by atoms with Gasteiger partial charge in [0.25, 0.3) is 0 Å². The first-order valence-corrected chi connectivity index (χ1v) is 11.3. The lowest BCUT2D eigenvalue weighted by atomic mass is 9.88. The van der Waals surface area contributed by atoms with Gasteiger partial charge in [-0.2, -0.15) is 0 Å². The first kappa shape index (κ1) is 22.6. The molecule has 1 aliphatic rings. The van der Waals surface area contributed by atoms with Crippen LogP contribution in [0.4, 0.5) is 10.6 Å². The highest BCUT2D eigenvalue weighted by Crippen LogP contribution is 2.35. The van der Waals surface area contributed by atoms with E-state index in [0.29, 0.717) is 22.5 Å². The number of aromatic nitrogens is 2. The Morgan fingerprint density at radius 3 is 2.53 bits per heavy atom. The molecule has 1 aromatic carbocycles. The molecule has 0 aliphatic heterocycles. The number of anilines is 1. The number of halogens is 2. The van der Waals surface area contributed by atoms with Gasteiger partial charge in [-0.1, -0.05) is 48.5 Å². The first-order valence-electron chi connectivity index (χ1n) is 9.70. The second kappa shape index (κ2) is 10.3. The van der Waals surface area contributed by atoms with Crippen LogP contribution in [0, 0.1) is 6.92 Å². The van der Waals surface area contributed by atoms with Crippen molar-refractivity contribution in [1.29, 1.82) is 0 Å². The van der Waals surface area contributed by atoms with E-state index >= 15 is 0 Å². The molecule has 3 N–H and O–H groups in total. The van der Waals surface area contributed by atoms with Crippen LogP contribution in [-0.2, 0) is 6.54 Å². The number of carboxylic acid groups (broad SMARTS) is 2. The predicted molar refractivity (Wildman–Crippen MR) is 122 cm³/mol. The van der Waals surface area contributed by atoms with Crippen molar-refractivity contribution in [2.75, 3.05) is 5.32 Å². The topological polar surface area (TPSA) is 95.3 Å². The van der Waals surface area contributed by atoms with E-state index in [1.54, 1.807) is 11.3 Å². The molecule has 1 aliphatic carbocycles. The van der Waals surface area contributed by atoms with E-state index in [1.165, 1.54) is 37.7 Å². The van der Waals surface area contributed by atoms with E-state index in [1.807, 2.05) is 18.2 Å². The number of hydrogen-bond acceptors (Lipinski definition) is 5. The largest absolute Gasteiger partial charge is 0.503 e. The molecule has 1 saturated carbocycles. The summed E-state index contributed by atoms with van der Waals surface area (Å²) in [5.41, 5.74) is 2.30. The molecule has 0 bridgehead atoms. The minimum Gasteiger partial charge on any atom is -0.450 e. The molecule has 0 spiro atoms. The van der Waals surface area contributed by atoms with Crippen molar-refractivity contribution < 1.29 is 15.0 Å². The number of nitrogens with zero attached hydrogens (tertiary/aromatic N) is 2. The third-order valence-corrected chi connectivity index (χ3v) is 6.78. The molecule has 2 heterocycles. The maximum atomic E-state index is 8.56. The molecule has 0 atom stereocenters. The highest BCUT2D eigenvalue weighted by molar-refractivity contribution is 7.17. The zero-order chi connectivity index (χ0) is 21.7. The lowest BCUT2D eigenvalue weighted by Crippen LogP contribution is -2.11. The summed E-state index contributed by atoms with van der Waals surface area (Å²) >= 11 is 13.9. The maximum Gasteiger partial charge on any atom is 0.503 e. The quantitative estimate of drug-likeness (QED) is 0.375. The zero-order valence-corrected chi connectivity index (χ0v) is 18.8. The van der Waals surface area contributed by atoms with Crippen molar-refractivity contribution in [3.8, 4) is 0 Å². The molecule has 30 heavy (non-hydrogen) atoms. The van der Waals surface area contributed by atoms with Crippen LogP contribution in [0.5, 0.6) is 0 Å². The molecule has 160 valence electrons. The minimum absolute atomic E-state index is 0.487. The zero-order valence-electron chi connectivity index (χ0n) is 16.5. The van der Waals surface area contributed by atoms with Gasteiger partial charge in [0, 0.05) is 12.5 Å². The summed E-state index contributed by atoms with van der Waals surface area (Å²) in [7, 11) is 0. The molecule has 1 fully saturated rings. The van der Waals surface area contributed by atoms with Gasteiger partial charge < -0.3 is 15.5 Å². The van der Waals surface area contributed by atoms with Gasteiger partial charge >= 0.3 is 6.16 Å². The number of fused-ring (bicyclic) bond motifs is 1. The van der Waals surface area contributed by atoms with E-state index in [0.717, 1.165) is 27.4 Å². The highest BCUT2D eigenvalue weighted by atomic mass is 35.5. The Bertz CT molecular complexity index is 1030. The average molecular weight is 468 g/mol. The standard InChI is InChI=1S/C20H21Cl2N3S.CH2O3/c1-12-11-26-20-17(12)19(23-10-13-7-8-15(21)16(22)9-13)24-18(25-20)14-5-3-2-4-6-14;2-1(3)4/h7-9,11,14H,2-6,10H2,1H3,(H,23,24,25);(H2,2,3,4). The number of carbonyl (C=O) groups is 1. The molecule has 0 amide bonds. The van der Waals surface area contributed by atoms with E-state index in [9.17, 15) is 0 Å². The summed E-state index contributed by atoms with van der Waals surface area (Å²) in [6.07, 6.45) is 4.45. The average Bonchev–Trinajstić information content (AvgIpc) is 3.10. The Morgan fingerprint density at radius 2 is 1.87 bits per heavy atom. The minimum atomic E-state index is -1.83. The third-order valence-electron chi connectivity index (χ3n) is 5.05. The summed E-state index contributed by atoms with van der Waals surface area (Å²) < 4.78 is 0. The number of nitrogens with one attached hydrogen (secondary N) is 1. The van der Waals surface area contributed by atoms with Gasteiger partial charge in [0.2, 0.25) is 0 Å². The number of benzene rings is 1. The molecular weight excluding hydrogens is 445 g/mol. The second-order valence-corrected chi connectivity index (χ2v) is 8.92. The molecule has 0 saturated heterocycles. The second-order valence-electron chi connectivity index (χ2n) is 7.25. The summed E-state index contributed by atoms with van der Waals surface area (Å²) in [4.78, 5) is 19.5. The Kier molecular flexibility index (Phi) is 7.75. The molecular formula is C21H23Cl2N3O3S. The van der Waals surface area contributed by atoms with E-state index in [-0.39, 0.29) is 0 Å². The monoisotopic (exact) mass is 467 g/mol. The van der Waals surface area contributed by atoms with Gasteiger partial charge in [-0.25, -0.2) is 14.8 Å². The van der Waals surface area contributed by atoms with Gasteiger partial charge in [0.1, 0.15) is 16.5 Å². The van der Waals surface area contributed by atoms with Gasteiger partial charge in [0.05, 0.1) is 15.4 Å². The maximum absolute atomic E-state index is 8.56. The fraction of sp³-hybridized carbons (Fsp3) is 0.381. The van der Waals surface area contributed by atoms with E-state index in [2.05, 4.69) is 17.6 Å². The molecule has 4 rings (SSSR count). The number of hydrogen-bond donors (Lipinski definition) is 3. The Morgan fingerprint density at radius 1 is 1.17 bits per heavy atom. The van der Waals surface area contributed by atoms with Crippen molar-refractivity contribution >= 4 is 56.7 Å². The van der Waals surface area contributed by atoms with Crippen LogP contribution in [-0.4, -0.2) is 26.3 Å². The third kappa shape index (κ3) is 5.74. The highest BCUT2D eigenvalue weighted by Gasteiger charge is 2.21. The molecule has 3 aromatic rings. The Labute approximate surface area is 188 Å². The summed E-state index contributed by atoms with van der Waals surface area (Å²) in [6, 6.07) is 5.72. The van der Waals surface area contributed by atoms with Gasteiger partial charge in [-0.15, -0.1) is 11.3 Å². The number of aryl methyl sites for hydroxylation is 1. The summed E-state index contributed by atoms with van der Waals surface area (Å²) in [6.45, 7) is 2.77. The van der Waals surface area contributed by atoms with Crippen molar-refractivity contribution in [3.63, 3.8) is 0 Å². The van der Waals surface area contributed by atoms with Crippen LogP contribution in [0.15, 0.2) is 23.6 Å². The molecule has 6 nitrogen and oxygen atoms in total. The van der Waals surface area contributed by atoms with Gasteiger partial charge in [0.15, 0.2) is 0 Å². The Hall–Kier alpha value is -2.09. The Balaban J connectivity index is 0.000000589. The number of thiophene rings is 1. The van der Waals surface area contributed by atoms with Crippen molar-refractivity contribution in [1.82, 2.24) is 9.97 Å². The molecule has 2 aromatic heterocycles. The van der Waals surface area contributed by atoms with Crippen LogP contribution in [0.2, 0.25) is 10.0 Å². The smallest absolute Gasteiger partial charge is 0.450 e. The van der Waals surface area contributed by atoms with Crippen LogP contribution in [0.1, 0.15) is 55.0 Å². The van der Waals surface area contributed by atoms with E-state index < -0.39 is 6.16 Å². The molecule has 0 radical (unpaired) electrons. The molecule has 0 unspecified atom stereocenters. The number of rotatable bonds is 4. The fourth-order valence-electron chi connectivity index (χ4n) is 3.61. The van der Waals surface area contributed by atoms with Crippen molar-refractivity contribution in [2.45, 2.75) is 51.5 Å². The van der Waals surface area contributed by atoms with Crippen molar-refractivity contribution in [3.05, 3.63) is 50.6 Å². The van der Waals surface area contributed by atoms with E-state index in [4.69, 9.17) is 48.2 Å². The first-order chi connectivity index (χ1) is 14.3. The van der Waals surface area contributed by atoms with Crippen LogP contribution >= 0.6 is 34.5 Å². The van der Waals surface area contributed by atoms with Crippen LogP contribution in [0.25, 0.3) is 10.2 Å². The summed E-state index contributed by atoms with van der Waals surface area (Å²) in [5.74, 6) is 2.41. The van der Waals surface area contributed by atoms with Crippen molar-refractivity contribution in [2.24, 2.45) is 0 Å². The normalized spacial score (nSPS) is 14.2. The van der Waals surface area contributed by atoms with Gasteiger partial charge in [-0.05, 0) is 48.4 Å². The predicted octanol–water partition coefficient (Wildman–Crippen LogP) is 7.19. The SMILES string of the molecule is Cc1csc2nc(C3CCCCC3)nc(NCc3ccc(Cl)c(Cl)c3)c12.O=C(O)O. The lowest BCUT2D eigenvalue weighted by molar-refractivity contribution is 0.137. The molecule has 9 heteroatoms. The van der Waals surface area contributed by atoms with Crippen LogP contribution in [0.3, 0.4) is 0 Å².